The molecule has 0 fully saturated rings. The van der Waals surface area contributed by atoms with Crippen LogP contribution in [0.2, 0.25) is 0 Å². The standard InChI is InChI=1S/C9H18N4O/c1-5-9(14)11-6(2)7(3)12-13-8(4)10/h6,12H,3,5H2,1-2,4H3,(H2,10,13)(H,11,14). The lowest BCUT2D eigenvalue weighted by molar-refractivity contribution is -0.121. The van der Waals surface area contributed by atoms with Crippen LogP contribution in [0.1, 0.15) is 27.2 Å². The quantitative estimate of drug-likeness (QED) is 0.337. The number of amidine groups is 1. The van der Waals surface area contributed by atoms with Gasteiger partial charge in [-0.2, -0.15) is 5.10 Å². The van der Waals surface area contributed by atoms with Crippen LogP contribution in [-0.4, -0.2) is 17.8 Å². The van der Waals surface area contributed by atoms with Gasteiger partial charge in [0.15, 0.2) is 0 Å². The monoisotopic (exact) mass is 198 g/mol. The number of carbonyl (C=O) groups excluding carboxylic acids is 1. The molecule has 0 radical (unpaired) electrons. The summed E-state index contributed by atoms with van der Waals surface area (Å²) in [7, 11) is 0. The van der Waals surface area contributed by atoms with E-state index in [-0.39, 0.29) is 11.9 Å². The molecule has 14 heavy (non-hydrogen) atoms. The van der Waals surface area contributed by atoms with Gasteiger partial charge in [0.1, 0.15) is 5.84 Å². The summed E-state index contributed by atoms with van der Waals surface area (Å²) < 4.78 is 0. The van der Waals surface area contributed by atoms with E-state index in [1.807, 2.05) is 6.92 Å². The molecule has 0 saturated heterocycles. The Bertz CT molecular complexity index is 243. The Labute approximate surface area is 84.4 Å². The van der Waals surface area contributed by atoms with Crippen molar-refractivity contribution in [3.8, 4) is 0 Å². The minimum atomic E-state index is -0.162. The number of rotatable bonds is 5. The predicted molar refractivity (Wildman–Crippen MR) is 57.5 cm³/mol. The zero-order chi connectivity index (χ0) is 11.1. The number of amides is 1. The van der Waals surface area contributed by atoms with Gasteiger partial charge in [-0.15, -0.1) is 0 Å². The van der Waals surface area contributed by atoms with Gasteiger partial charge in [-0.05, 0) is 13.8 Å². The number of hydrazone groups is 1. The molecular formula is C9H18N4O. The SMILES string of the molecule is C=C(N/N=C(\C)N)C(C)NC(=O)CC. The van der Waals surface area contributed by atoms with Crippen LogP contribution in [0.3, 0.4) is 0 Å². The Balaban J connectivity index is 4.00. The molecule has 5 nitrogen and oxygen atoms in total. The van der Waals surface area contributed by atoms with E-state index in [0.717, 1.165) is 0 Å². The van der Waals surface area contributed by atoms with Crippen molar-refractivity contribution in [2.24, 2.45) is 10.8 Å². The lowest BCUT2D eigenvalue weighted by Crippen LogP contribution is -2.36. The topological polar surface area (TPSA) is 79.5 Å². The third kappa shape index (κ3) is 5.18. The fourth-order valence-corrected chi connectivity index (χ4v) is 0.687. The Hall–Kier alpha value is -1.52. The molecule has 0 aromatic rings. The molecule has 0 spiro atoms. The molecular weight excluding hydrogens is 180 g/mol. The largest absolute Gasteiger partial charge is 0.386 e. The van der Waals surface area contributed by atoms with Crippen molar-refractivity contribution >= 4 is 11.7 Å². The average molecular weight is 198 g/mol. The van der Waals surface area contributed by atoms with Crippen LogP contribution in [0.15, 0.2) is 17.4 Å². The second-order valence-electron chi connectivity index (χ2n) is 3.03. The van der Waals surface area contributed by atoms with E-state index in [4.69, 9.17) is 5.73 Å². The summed E-state index contributed by atoms with van der Waals surface area (Å²) in [5.74, 6) is 0.397. The van der Waals surface area contributed by atoms with Crippen LogP contribution in [0.5, 0.6) is 0 Å². The number of hydrogen-bond acceptors (Lipinski definition) is 3. The molecule has 0 aliphatic heterocycles. The normalized spacial score (nSPS) is 13.2. The highest BCUT2D eigenvalue weighted by atomic mass is 16.1. The van der Waals surface area contributed by atoms with Crippen LogP contribution in [0, 0.1) is 0 Å². The van der Waals surface area contributed by atoms with Crippen LogP contribution < -0.4 is 16.5 Å². The van der Waals surface area contributed by atoms with Gasteiger partial charge in [-0.1, -0.05) is 13.5 Å². The maximum Gasteiger partial charge on any atom is 0.220 e. The van der Waals surface area contributed by atoms with E-state index in [0.29, 0.717) is 18.0 Å². The van der Waals surface area contributed by atoms with Crippen LogP contribution in [0.4, 0.5) is 0 Å². The first kappa shape index (κ1) is 12.5. The minimum absolute atomic E-state index is 0.0195. The maximum atomic E-state index is 11.0. The highest BCUT2D eigenvalue weighted by molar-refractivity contribution is 5.77. The lowest BCUT2D eigenvalue weighted by Gasteiger charge is -2.15. The minimum Gasteiger partial charge on any atom is -0.386 e. The number of nitrogens with zero attached hydrogens (tertiary/aromatic N) is 1. The number of carbonyl (C=O) groups is 1. The smallest absolute Gasteiger partial charge is 0.220 e. The molecule has 1 atom stereocenters. The maximum absolute atomic E-state index is 11.0. The zero-order valence-corrected chi connectivity index (χ0v) is 8.92. The molecule has 1 amide bonds. The first-order valence-electron chi connectivity index (χ1n) is 4.51. The Morgan fingerprint density at radius 2 is 2.21 bits per heavy atom. The van der Waals surface area contributed by atoms with E-state index >= 15 is 0 Å². The molecule has 5 heteroatoms. The summed E-state index contributed by atoms with van der Waals surface area (Å²) in [6.07, 6.45) is 0.455. The fourth-order valence-electron chi connectivity index (χ4n) is 0.687. The molecule has 0 bridgehead atoms. The van der Waals surface area contributed by atoms with Gasteiger partial charge >= 0.3 is 0 Å². The van der Waals surface area contributed by atoms with Crippen molar-refractivity contribution in [2.75, 3.05) is 0 Å². The molecule has 4 N–H and O–H groups in total. The fraction of sp³-hybridized carbons (Fsp3) is 0.556. The van der Waals surface area contributed by atoms with Crippen molar-refractivity contribution in [2.45, 2.75) is 33.2 Å². The van der Waals surface area contributed by atoms with Gasteiger partial charge in [0.25, 0.3) is 0 Å². The summed E-state index contributed by atoms with van der Waals surface area (Å²) in [6.45, 7) is 9.00. The van der Waals surface area contributed by atoms with Gasteiger partial charge in [0.2, 0.25) is 5.91 Å². The average Bonchev–Trinajstić information content (AvgIpc) is 2.13. The highest BCUT2D eigenvalue weighted by Gasteiger charge is 2.07. The molecule has 0 aliphatic rings. The second kappa shape index (κ2) is 6.01. The van der Waals surface area contributed by atoms with Crippen LogP contribution in [-0.2, 0) is 4.79 Å². The van der Waals surface area contributed by atoms with Gasteiger partial charge in [-0.3, -0.25) is 10.2 Å². The first-order chi connectivity index (χ1) is 6.47. The number of nitrogens with two attached hydrogens (primary N) is 1. The van der Waals surface area contributed by atoms with E-state index < -0.39 is 0 Å². The van der Waals surface area contributed by atoms with Gasteiger partial charge in [-0.25, -0.2) is 0 Å². The van der Waals surface area contributed by atoms with Crippen molar-refractivity contribution in [1.29, 1.82) is 0 Å². The van der Waals surface area contributed by atoms with Crippen molar-refractivity contribution in [3.05, 3.63) is 12.3 Å². The van der Waals surface area contributed by atoms with Crippen molar-refractivity contribution in [1.82, 2.24) is 10.7 Å². The molecule has 0 heterocycles. The highest BCUT2D eigenvalue weighted by Crippen LogP contribution is 1.94. The Morgan fingerprint density at radius 1 is 1.64 bits per heavy atom. The predicted octanol–water partition coefficient (Wildman–Crippen LogP) is 0.297. The summed E-state index contributed by atoms with van der Waals surface area (Å²) in [4.78, 5) is 11.0. The molecule has 0 rings (SSSR count). The summed E-state index contributed by atoms with van der Waals surface area (Å²) in [5, 5.41) is 6.51. The summed E-state index contributed by atoms with van der Waals surface area (Å²) in [5.41, 5.74) is 8.60. The molecule has 80 valence electrons. The van der Waals surface area contributed by atoms with Gasteiger partial charge in [0, 0.05) is 12.1 Å². The third-order valence-corrected chi connectivity index (χ3v) is 1.60. The molecule has 1 unspecified atom stereocenters. The first-order valence-corrected chi connectivity index (χ1v) is 4.51. The van der Waals surface area contributed by atoms with E-state index in [9.17, 15) is 4.79 Å². The van der Waals surface area contributed by atoms with E-state index in [1.54, 1.807) is 13.8 Å². The van der Waals surface area contributed by atoms with Crippen LogP contribution in [0.25, 0.3) is 0 Å². The van der Waals surface area contributed by atoms with Crippen molar-refractivity contribution in [3.63, 3.8) is 0 Å². The van der Waals surface area contributed by atoms with Crippen LogP contribution >= 0.6 is 0 Å². The van der Waals surface area contributed by atoms with E-state index in [2.05, 4.69) is 22.4 Å². The molecule has 0 saturated carbocycles. The zero-order valence-electron chi connectivity index (χ0n) is 8.92. The summed E-state index contributed by atoms with van der Waals surface area (Å²) >= 11 is 0. The van der Waals surface area contributed by atoms with Gasteiger partial charge in [0.05, 0.1) is 6.04 Å². The van der Waals surface area contributed by atoms with Gasteiger partial charge < -0.3 is 11.1 Å². The third-order valence-electron chi connectivity index (χ3n) is 1.60. The van der Waals surface area contributed by atoms with E-state index in [1.165, 1.54) is 0 Å². The summed E-state index contributed by atoms with van der Waals surface area (Å²) in [6, 6.07) is -0.162. The molecule has 0 aliphatic carbocycles. The van der Waals surface area contributed by atoms with Crippen molar-refractivity contribution < 1.29 is 4.79 Å². The Kier molecular flexibility index (Phi) is 5.36. The second-order valence-corrected chi connectivity index (χ2v) is 3.03. The Morgan fingerprint density at radius 3 is 2.64 bits per heavy atom. The number of hydrogen-bond donors (Lipinski definition) is 3. The number of nitrogens with one attached hydrogen (secondary N) is 2. The molecule has 0 aromatic heterocycles. The molecule has 0 aromatic carbocycles. The lowest BCUT2D eigenvalue weighted by atomic mass is 10.2.